The lowest BCUT2D eigenvalue weighted by atomic mass is 10.0. The highest BCUT2D eigenvalue weighted by molar-refractivity contribution is 6.03. The van der Waals surface area contributed by atoms with E-state index in [9.17, 15) is 19.2 Å². The molecule has 4 rings (SSSR count). The maximum Gasteiger partial charge on any atom is 0.508 e. The second-order valence-electron chi connectivity index (χ2n) is 7.69. The van der Waals surface area contributed by atoms with Crippen molar-refractivity contribution in [3.8, 4) is 0 Å². The SMILES string of the molecule is CC(C)OC(=O)OC[C@H]1O[C@@H](n2ccc(NO)nc2=O)[C@@H]2OC(=O)c3ccccc3C(=O)O[C@@H]21. The number of hydrogen-bond donors (Lipinski definition) is 2. The van der Waals surface area contributed by atoms with Gasteiger partial charge in [0.25, 0.3) is 0 Å². The fourth-order valence-electron chi connectivity index (χ4n) is 3.59. The molecule has 4 atom stereocenters. The Labute approximate surface area is 192 Å². The number of ether oxygens (including phenoxy) is 5. The summed E-state index contributed by atoms with van der Waals surface area (Å²) in [5.41, 5.74) is 0.869. The van der Waals surface area contributed by atoms with Gasteiger partial charge in [0.05, 0.1) is 17.2 Å². The molecule has 34 heavy (non-hydrogen) atoms. The summed E-state index contributed by atoms with van der Waals surface area (Å²) >= 11 is 0. The lowest BCUT2D eigenvalue weighted by Gasteiger charge is -2.27. The molecule has 0 amide bonds. The third kappa shape index (κ3) is 4.56. The van der Waals surface area contributed by atoms with Gasteiger partial charge in [-0.15, -0.1) is 0 Å². The van der Waals surface area contributed by atoms with Crippen LogP contribution in [0, 0.1) is 0 Å². The highest BCUT2D eigenvalue weighted by Crippen LogP contribution is 2.36. The van der Waals surface area contributed by atoms with Crippen LogP contribution in [-0.4, -0.2) is 63.9 Å². The van der Waals surface area contributed by atoms with Crippen molar-refractivity contribution in [1.82, 2.24) is 9.55 Å². The average molecular weight is 475 g/mol. The molecule has 0 bridgehead atoms. The van der Waals surface area contributed by atoms with Crippen LogP contribution in [0.1, 0.15) is 40.8 Å². The van der Waals surface area contributed by atoms with Gasteiger partial charge >= 0.3 is 23.8 Å². The molecular formula is C21H21N3O10. The van der Waals surface area contributed by atoms with Gasteiger partial charge in [-0.25, -0.2) is 19.2 Å². The van der Waals surface area contributed by atoms with Gasteiger partial charge < -0.3 is 23.7 Å². The van der Waals surface area contributed by atoms with Crippen molar-refractivity contribution in [1.29, 1.82) is 0 Å². The molecule has 0 saturated carbocycles. The Morgan fingerprint density at radius 3 is 2.35 bits per heavy atom. The first-order valence-corrected chi connectivity index (χ1v) is 10.3. The Morgan fingerprint density at radius 2 is 1.76 bits per heavy atom. The molecule has 0 unspecified atom stereocenters. The Hall–Kier alpha value is -3.97. The minimum atomic E-state index is -1.29. The largest absolute Gasteiger partial charge is 0.508 e. The highest BCUT2D eigenvalue weighted by Gasteiger charge is 2.52. The molecule has 1 aromatic heterocycles. The Kier molecular flexibility index (Phi) is 6.47. The Balaban J connectivity index is 1.69. The summed E-state index contributed by atoms with van der Waals surface area (Å²) in [7, 11) is 0. The minimum Gasteiger partial charge on any atom is -0.452 e. The van der Waals surface area contributed by atoms with E-state index in [1.807, 2.05) is 0 Å². The van der Waals surface area contributed by atoms with Crippen LogP contribution in [0.5, 0.6) is 0 Å². The number of nitrogens with one attached hydrogen (secondary N) is 1. The molecule has 2 aromatic rings. The zero-order valence-electron chi connectivity index (χ0n) is 18.1. The van der Waals surface area contributed by atoms with Crippen molar-refractivity contribution in [2.75, 3.05) is 12.1 Å². The summed E-state index contributed by atoms with van der Waals surface area (Å²) in [6.45, 7) is 2.85. The zero-order chi connectivity index (χ0) is 24.4. The number of rotatable bonds is 5. The first-order chi connectivity index (χ1) is 16.3. The molecule has 3 heterocycles. The number of esters is 2. The van der Waals surface area contributed by atoms with Crippen molar-refractivity contribution < 1.29 is 43.3 Å². The summed E-state index contributed by atoms with van der Waals surface area (Å²) in [6.07, 6.45) is -5.08. The van der Waals surface area contributed by atoms with Gasteiger partial charge in [0.2, 0.25) is 0 Å². The van der Waals surface area contributed by atoms with E-state index in [1.54, 1.807) is 31.5 Å². The van der Waals surface area contributed by atoms with E-state index in [0.717, 1.165) is 4.57 Å². The standard InChI is InChI=1S/C21H21N3O10/c1-10(2)31-21(28)30-9-13-15-16(17(32-13)24-8-7-14(23-29)22-20(24)27)34-19(26)12-6-4-3-5-11(12)18(25)33-15/h3-8,10,13,15-17,29H,9H2,1-2H3,(H,22,23,27)/t13-,15-,16-,17-/m1/s1. The van der Waals surface area contributed by atoms with Crippen LogP contribution in [0.4, 0.5) is 10.6 Å². The number of carbonyl (C=O) groups excluding carboxylic acids is 3. The predicted octanol–water partition coefficient (Wildman–Crippen LogP) is 1.27. The van der Waals surface area contributed by atoms with E-state index < -0.39 is 61.0 Å². The molecular weight excluding hydrogens is 454 g/mol. The van der Waals surface area contributed by atoms with Crippen LogP contribution in [0.15, 0.2) is 41.3 Å². The van der Waals surface area contributed by atoms with Gasteiger partial charge in [0.15, 0.2) is 24.3 Å². The Bertz CT molecular complexity index is 1160. The average Bonchev–Trinajstić information content (AvgIpc) is 3.12. The highest BCUT2D eigenvalue weighted by atomic mass is 16.7. The maximum atomic E-state index is 12.9. The predicted molar refractivity (Wildman–Crippen MR) is 110 cm³/mol. The van der Waals surface area contributed by atoms with Gasteiger partial charge in [-0.1, -0.05) is 12.1 Å². The number of hydrogen-bond acceptors (Lipinski definition) is 12. The zero-order valence-corrected chi connectivity index (χ0v) is 18.1. The third-order valence-corrected chi connectivity index (χ3v) is 5.05. The first-order valence-electron chi connectivity index (χ1n) is 10.3. The quantitative estimate of drug-likeness (QED) is 0.362. The van der Waals surface area contributed by atoms with Gasteiger partial charge in [0, 0.05) is 6.20 Å². The molecule has 1 saturated heterocycles. The topological polar surface area (TPSA) is 165 Å². The minimum absolute atomic E-state index is 0.00880. The van der Waals surface area contributed by atoms with E-state index in [4.69, 9.17) is 28.9 Å². The van der Waals surface area contributed by atoms with Crippen LogP contribution in [0.3, 0.4) is 0 Å². The molecule has 2 N–H and O–H groups in total. The summed E-state index contributed by atoms with van der Waals surface area (Å²) < 4.78 is 28.1. The van der Waals surface area contributed by atoms with Gasteiger partial charge in [-0.2, -0.15) is 4.98 Å². The molecule has 2 aliphatic heterocycles. The van der Waals surface area contributed by atoms with E-state index >= 15 is 0 Å². The van der Waals surface area contributed by atoms with Crippen molar-refractivity contribution in [3.05, 3.63) is 58.1 Å². The third-order valence-electron chi connectivity index (χ3n) is 5.05. The monoisotopic (exact) mass is 475 g/mol. The normalized spacial score (nSPS) is 23.6. The number of nitrogens with zero attached hydrogens (tertiary/aromatic N) is 2. The number of anilines is 1. The van der Waals surface area contributed by atoms with Crippen molar-refractivity contribution in [3.63, 3.8) is 0 Å². The van der Waals surface area contributed by atoms with Crippen LogP contribution in [0.25, 0.3) is 0 Å². The summed E-state index contributed by atoms with van der Waals surface area (Å²) in [6, 6.07) is 7.21. The van der Waals surface area contributed by atoms with Crippen molar-refractivity contribution >= 4 is 23.9 Å². The van der Waals surface area contributed by atoms with Crippen LogP contribution in [0.2, 0.25) is 0 Å². The molecule has 0 aliphatic carbocycles. The number of benzene rings is 1. The lowest BCUT2D eigenvalue weighted by Crippen LogP contribution is -2.44. The molecule has 13 nitrogen and oxygen atoms in total. The Morgan fingerprint density at radius 1 is 1.12 bits per heavy atom. The number of aromatic nitrogens is 2. The first kappa shape index (κ1) is 23.2. The van der Waals surface area contributed by atoms with E-state index in [-0.39, 0.29) is 16.9 Å². The van der Waals surface area contributed by atoms with E-state index in [0.29, 0.717) is 0 Å². The fourth-order valence-corrected chi connectivity index (χ4v) is 3.59. The lowest BCUT2D eigenvalue weighted by molar-refractivity contribution is -0.0690. The summed E-state index contributed by atoms with van der Waals surface area (Å²) in [4.78, 5) is 53.7. The van der Waals surface area contributed by atoms with Crippen LogP contribution >= 0.6 is 0 Å². The van der Waals surface area contributed by atoms with Crippen LogP contribution in [-0.2, 0) is 23.7 Å². The molecule has 0 spiro atoms. The van der Waals surface area contributed by atoms with Crippen LogP contribution < -0.4 is 11.2 Å². The second-order valence-corrected chi connectivity index (χ2v) is 7.69. The maximum absolute atomic E-state index is 12.9. The fraction of sp³-hybridized carbons (Fsp3) is 0.381. The summed E-state index contributed by atoms with van der Waals surface area (Å²) in [5, 5.41) is 8.98. The molecule has 1 fully saturated rings. The van der Waals surface area contributed by atoms with E-state index in [2.05, 4.69) is 4.98 Å². The van der Waals surface area contributed by atoms with Gasteiger partial charge in [-0.3, -0.25) is 15.3 Å². The second kappa shape index (κ2) is 9.49. The summed E-state index contributed by atoms with van der Waals surface area (Å²) in [5.74, 6) is -1.76. The van der Waals surface area contributed by atoms with Crippen molar-refractivity contribution in [2.45, 2.75) is 44.5 Å². The molecule has 0 radical (unpaired) electrons. The molecule has 13 heteroatoms. The molecule has 180 valence electrons. The number of carbonyl (C=O) groups is 3. The van der Waals surface area contributed by atoms with E-state index in [1.165, 1.54) is 24.4 Å². The molecule has 1 aromatic carbocycles. The smallest absolute Gasteiger partial charge is 0.452 e. The molecule has 2 aliphatic rings. The van der Waals surface area contributed by atoms with Crippen molar-refractivity contribution in [2.24, 2.45) is 0 Å². The number of fused-ring (bicyclic) bond motifs is 2. The van der Waals surface area contributed by atoms with Gasteiger partial charge in [-0.05, 0) is 32.0 Å². The van der Waals surface area contributed by atoms with Gasteiger partial charge in [0.1, 0.15) is 12.7 Å².